The van der Waals surface area contributed by atoms with Crippen molar-refractivity contribution in [2.75, 3.05) is 14.1 Å². The fraction of sp³-hybridized carbons (Fsp3) is 1.00. The Bertz CT molecular complexity index is 469. The maximum absolute atomic E-state index is 10.1. The number of nitrogens with zero attached hydrogens (tertiary/aromatic N) is 1. The molecule has 140 valence electrons. The number of fused-ring (bicyclic) bond motifs is 5. The van der Waals surface area contributed by atoms with Crippen LogP contribution in [-0.2, 0) is 0 Å². The topological polar surface area (TPSA) is 23.5 Å². The molecule has 4 fully saturated rings. The molecule has 4 aliphatic rings. The van der Waals surface area contributed by atoms with Gasteiger partial charge in [-0.05, 0) is 106 Å². The standard InChI is InChI=1S/C21H37NO.ClH/c1-20-11-9-15(23)13-14(20)5-6-16-17-7-8-19(22(3)4)21(17,2)12-10-18(16)20;/h14-19,23H,5-13H2,1-4H3;1H/t14-,15+,16-,17-,18-,19-,20-,21-;/m0./s1. The van der Waals surface area contributed by atoms with Crippen LogP contribution in [-0.4, -0.2) is 36.2 Å². The molecule has 2 nitrogen and oxygen atoms in total. The summed E-state index contributed by atoms with van der Waals surface area (Å²) in [6.07, 6.45) is 12.0. The largest absolute Gasteiger partial charge is 0.393 e. The first-order valence-corrected chi connectivity index (χ1v) is 10.2. The van der Waals surface area contributed by atoms with E-state index in [1.54, 1.807) is 0 Å². The summed E-state index contributed by atoms with van der Waals surface area (Å²) in [4.78, 5) is 2.52. The van der Waals surface area contributed by atoms with Crippen LogP contribution in [0.4, 0.5) is 0 Å². The quantitative estimate of drug-likeness (QED) is 0.734. The zero-order chi connectivity index (χ0) is 16.4. The molecule has 0 unspecified atom stereocenters. The van der Waals surface area contributed by atoms with Crippen molar-refractivity contribution in [1.29, 1.82) is 0 Å². The van der Waals surface area contributed by atoms with Gasteiger partial charge < -0.3 is 10.0 Å². The van der Waals surface area contributed by atoms with Gasteiger partial charge in [0, 0.05) is 6.04 Å². The summed E-state index contributed by atoms with van der Waals surface area (Å²) in [5, 5.41) is 10.1. The van der Waals surface area contributed by atoms with E-state index in [9.17, 15) is 5.11 Å². The van der Waals surface area contributed by atoms with Crippen molar-refractivity contribution in [1.82, 2.24) is 4.90 Å². The smallest absolute Gasteiger partial charge is 0.0543 e. The Hall–Kier alpha value is 0.210. The van der Waals surface area contributed by atoms with Gasteiger partial charge in [-0.3, -0.25) is 0 Å². The average molecular weight is 356 g/mol. The fourth-order valence-electron chi connectivity index (χ4n) is 8.06. The zero-order valence-corrected chi connectivity index (χ0v) is 16.9. The van der Waals surface area contributed by atoms with Crippen LogP contribution in [0.5, 0.6) is 0 Å². The first-order chi connectivity index (χ1) is 10.9. The first-order valence-electron chi connectivity index (χ1n) is 10.2. The van der Waals surface area contributed by atoms with E-state index in [-0.39, 0.29) is 18.5 Å². The van der Waals surface area contributed by atoms with Crippen LogP contribution in [0.15, 0.2) is 0 Å². The number of rotatable bonds is 1. The van der Waals surface area contributed by atoms with Gasteiger partial charge in [0.15, 0.2) is 0 Å². The molecule has 24 heavy (non-hydrogen) atoms. The maximum Gasteiger partial charge on any atom is 0.0543 e. The highest BCUT2D eigenvalue weighted by atomic mass is 35.5. The highest BCUT2D eigenvalue weighted by Gasteiger charge is 2.60. The van der Waals surface area contributed by atoms with Crippen LogP contribution in [0.2, 0.25) is 0 Å². The lowest BCUT2D eigenvalue weighted by atomic mass is 9.45. The lowest BCUT2D eigenvalue weighted by Gasteiger charge is -2.61. The van der Waals surface area contributed by atoms with Crippen LogP contribution in [0.1, 0.15) is 71.6 Å². The van der Waals surface area contributed by atoms with Gasteiger partial charge in [-0.2, -0.15) is 0 Å². The third-order valence-corrected chi connectivity index (χ3v) is 9.21. The summed E-state index contributed by atoms with van der Waals surface area (Å²) < 4.78 is 0. The van der Waals surface area contributed by atoms with Crippen LogP contribution < -0.4 is 0 Å². The Kier molecular flexibility index (Phi) is 5.08. The van der Waals surface area contributed by atoms with Crippen molar-refractivity contribution in [3.05, 3.63) is 0 Å². The maximum atomic E-state index is 10.1. The number of aliphatic hydroxyl groups excluding tert-OH is 1. The molecular formula is C21H38ClNO. The molecule has 3 heteroatoms. The minimum absolute atomic E-state index is 0. The van der Waals surface area contributed by atoms with Crippen LogP contribution >= 0.6 is 12.4 Å². The third kappa shape index (κ3) is 2.58. The predicted molar refractivity (Wildman–Crippen MR) is 102 cm³/mol. The summed E-state index contributed by atoms with van der Waals surface area (Å²) in [7, 11) is 4.59. The van der Waals surface area contributed by atoms with Crippen molar-refractivity contribution >= 4 is 12.4 Å². The predicted octanol–water partition coefficient (Wildman–Crippen LogP) is 4.74. The van der Waals surface area contributed by atoms with Gasteiger partial charge in [0.1, 0.15) is 0 Å². The number of aliphatic hydroxyl groups is 1. The van der Waals surface area contributed by atoms with E-state index in [2.05, 4.69) is 32.8 Å². The summed E-state index contributed by atoms with van der Waals surface area (Å²) in [5.74, 6) is 3.66. The number of hydrogen-bond donors (Lipinski definition) is 1. The number of halogens is 1. The minimum Gasteiger partial charge on any atom is -0.393 e. The molecule has 0 aliphatic heterocycles. The van der Waals surface area contributed by atoms with Gasteiger partial charge in [0.05, 0.1) is 6.10 Å². The van der Waals surface area contributed by atoms with E-state index in [1.807, 2.05) is 0 Å². The second-order valence-electron chi connectivity index (χ2n) is 10.2. The van der Waals surface area contributed by atoms with Gasteiger partial charge in [0.2, 0.25) is 0 Å². The van der Waals surface area contributed by atoms with Crippen molar-refractivity contribution in [3.8, 4) is 0 Å². The normalized spacial score (nSPS) is 53.8. The second-order valence-corrected chi connectivity index (χ2v) is 10.2. The van der Waals surface area contributed by atoms with Gasteiger partial charge in [0.25, 0.3) is 0 Å². The van der Waals surface area contributed by atoms with Crippen LogP contribution in [0.3, 0.4) is 0 Å². The Balaban J connectivity index is 0.00000169. The molecule has 4 aliphatic carbocycles. The summed E-state index contributed by atoms with van der Waals surface area (Å²) in [6, 6.07) is 0.798. The molecular weight excluding hydrogens is 318 g/mol. The summed E-state index contributed by atoms with van der Waals surface area (Å²) in [6.45, 7) is 5.21. The molecule has 0 saturated heterocycles. The minimum atomic E-state index is -0.0110. The molecule has 0 aromatic rings. The van der Waals surface area contributed by atoms with E-state index in [4.69, 9.17) is 0 Å². The van der Waals surface area contributed by atoms with Crippen molar-refractivity contribution in [2.24, 2.45) is 34.5 Å². The molecule has 0 spiro atoms. The van der Waals surface area contributed by atoms with E-state index in [0.717, 1.165) is 42.6 Å². The van der Waals surface area contributed by atoms with Crippen molar-refractivity contribution in [3.63, 3.8) is 0 Å². The molecule has 1 N–H and O–H groups in total. The Labute approximate surface area is 155 Å². The summed E-state index contributed by atoms with van der Waals surface area (Å²) in [5.41, 5.74) is 1.09. The Morgan fingerprint density at radius 3 is 2.21 bits per heavy atom. The molecule has 0 aromatic carbocycles. The lowest BCUT2D eigenvalue weighted by molar-refractivity contribution is -0.127. The highest BCUT2D eigenvalue weighted by Crippen LogP contribution is 2.66. The van der Waals surface area contributed by atoms with E-state index in [1.165, 1.54) is 44.9 Å². The van der Waals surface area contributed by atoms with Crippen LogP contribution in [0, 0.1) is 34.5 Å². The monoisotopic (exact) mass is 355 g/mol. The van der Waals surface area contributed by atoms with E-state index < -0.39 is 0 Å². The molecule has 0 bridgehead atoms. The van der Waals surface area contributed by atoms with E-state index >= 15 is 0 Å². The van der Waals surface area contributed by atoms with Crippen LogP contribution in [0.25, 0.3) is 0 Å². The number of hydrogen-bond acceptors (Lipinski definition) is 2. The lowest BCUT2D eigenvalue weighted by Crippen LogP contribution is -2.55. The fourth-order valence-corrected chi connectivity index (χ4v) is 8.06. The van der Waals surface area contributed by atoms with Gasteiger partial charge in [-0.15, -0.1) is 12.4 Å². The molecule has 0 radical (unpaired) electrons. The average Bonchev–Trinajstić information content (AvgIpc) is 2.85. The molecule has 0 aromatic heterocycles. The van der Waals surface area contributed by atoms with Crippen molar-refractivity contribution in [2.45, 2.75) is 83.8 Å². The molecule has 4 saturated carbocycles. The van der Waals surface area contributed by atoms with Gasteiger partial charge in [-0.25, -0.2) is 0 Å². The van der Waals surface area contributed by atoms with Gasteiger partial charge >= 0.3 is 0 Å². The van der Waals surface area contributed by atoms with Gasteiger partial charge in [-0.1, -0.05) is 13.8 Å². The SMILES string of the molecule is CN(C)[C@H]1CC[C@H]2[C@@H]3CC[C@H]4C[C@H](O)CC[C@]4(C)[C@H]3CC[C@]12C.Cl. The first kappa shape index (κ1) is 19.0. The summed E-state index contributed by atoms with van der Waals surface area (Å²) >= 11 is 0. The second kappa shape index (κ2) is 6.43. The van der Waals surface area contributed by atoms with Crippen molar-refractivity contribution < 1.29 is 5.11 Å². The molecule has 4 rings (SSSR count). The highest BCUT2D eigenvalue weighted by molar-refractivity contribution is 5.85. The zero-order valence-electron chi connectivity index (χ0n) is 16.1. The molecule has 8 atom stereocenters. The molecule has 0 heterocycles. The third-order valence-electron chi connectivity index (χ3n) is 9.21. The van der Waals surface area contributed by atoms with E-state index in [0.29, 0.717) is 10.8 Å². The molecule has 0 amide bonds. The Morgan fingerprint density at radius 2 is 1.50 bits per heavy atom. The Morgan fingerprint density at radius 1 is 0.833 bits per heavy atom.